The normalized spacial score (nSPS) is 19.8. The summed E-state index contributed by atoms with van der Waals surface area (Å²) >= 11 is 0. The molecule has 0 saturated carbocycles. The van der Waals surface area contributed by atoms with E-state index < -0.39 is 5.54 Å². The average molecular weight is 270 g/mol. The van der Waals surface area contributed by atoms with Crippen LogP contribution in [0.2, 0.25) is 0 Å². The van der Waals surface area contributed by atoms with E-state index in [0.717, 1.165) is 0 Å². The Kier molecular flexibility index (Phi) is 2.72. The molecule has 2 aromatic carbocycles. The summed E-state index contributed by atoms with van der Waals surface area (Å²) in [5.41, 5.74) is 0.0368. The molecule has 0 amide bonds. The zero-order chi connectivity index (χ0) is 14.2. The first-order valence-electron chi connectivity index (χ1n) is 6.04. The quantitative estimate of drug-likeness (QED) is 0.880. The lowest BCUT2D eigenvalue weighted by atomic mass is 9.93. The number of benzene rings is 2. The van der Waals surface area contributed by atoms with Gasteiger partial charge in [0.25, 0.3) is 0 Å². The van der Waals surface area contributed by atoms with Crippen molar-refractivity contribution in [2.75, 3.05) is 11.9 Å². The summed E-state index contributed by atoms with van der Waals surface area (Å²) in [5, 5.41) is 22.0. The number of nitrogens with one attached hydrogen (secondary N) is 1. The lowest BCUT2D eigenvalue weighted by Crippen LogP contribution is -2.35. The lowest BCUT2D eigenvalue weighted by Gasteiger charge is -2.22. The van der Waals surface area contributed by atoms with Crippen LogP contribution >= 0.6 is 0 Å². The third-order valence-corrected chi connectivity index (χ3v) is 3.24. The highest BCUT2D eigenvalue weighted by molar-refractivity contribution is 5.58. The number of rotatable bonds is 2. The number of phenols is 1. The van der Waals surface area contributed by atoms with Gasteiger partial charge in [-0.1, -0.05) is 6.07 Å². The standard InChI is InChI=1S/C15H11FN2O2/c16-10-2-1-3-11(6-10)18-15(8-17)9-20-14-7-12(19)4-5-13(14)15/h1-7,18-19H,9H2. The molecule has 1 aliphatic heterocycles. The largest absolute Gasteiger partial charge is 0.508 e. The molecule has 3 rings (SSSR count). The van der Waals surface area contributed by atoms with Crippen molar-refractivity contribution in [3.8, 4) is 17.6 Å². The molecular weight excluding hydrogens is 259 g/mol. The maximum absolute atomic E-state index is 13.2. The van der Waals surface area contributed by atoms with Gasteiger partial charge in [-0.3, -0.25) is 0 Å². The number of phenolic OH excluding ortho intramolecular Hbond substituents is 1. The van der Waals surface area contributed by atoms with Gasteiger partial charge >= 0.3 is 0 Å². The number of hydrogen-bond donors (Lipinski definition) is 2. The van der Waals surface area contributed by atoms with Crippen LogP contribution in [0.3, 0.4) is 0 Å². The van der Waals surface area contributed by atoms with Crippen LogP contribution in [0.1, 0.15) is 5.56 Å². The number of anilines is 1. The van der Waals surface area contributed by atoms with E-state index in [1.54, 1.807) is 18.2 Å². The molecule has 0 fully saturated rings. The van der Waals surface area contributed by atoms with E-state index in [-0.39, 0.29) is 18.2 Å². The van der Waals surface area contributed by atoms with Gasteiger partial charge in [0.15, 0.2) is 5.54 Å². The third-order valence-electron chi connectivity index (χ3n) is 3.24. The molecule has 2 N–H and O–H groups in total. The highest BCUT2D eigenvalue weighted by Gasteiger charge is 2.41. The molecule has 0 aliphatic carbocycles. The van der Waals surface area contributed by atoms with Gasteiger partial charge in [-0.15, -0.1) is 0 Å². The van der Waals surface area contributed by atoms with Crippen molar-refractivity contribution in [2.24, 2.45) is 0 Å². The summed E-state index contributed by atoms with van der Waals surface area (Å²) in [6, 6.07) is 12.7. The second-order valence-corrected chi connectivity index (χ2v) is 4.62. The minimum Gasteiger partial charge on any atom is -0.508 e. The van der Waals surface area contributed by atoms with Gasteiger partial charge in [-0.05, 0) is 30.3 Å². The molecule has 0 radical (unpaired) electrons. The fourth-order valence-electron chi connectivity index (χ4n) is 2.28. The van der Waals surface area contributed by atoms with Crippen LogP contribution in [0.5, 0.6) is 11.5 Å². The summed E-state index contributed by atoms with van der Waals surface area (Å²) in [4.78, 5) is 0. The molecule has 0 spiro atoms. The number of nitriles is 1. The Labute approximate surface area is 115 Å². The number of nitrogens with zero attached hydrogens (tertiary/aromatic N) is 1. The van der Waals surface area contributed by atoms with Crippen LogP contribution in [-0.2, 0) is 5.54 Å². The first-order valence-corrected chi connectivity index (χ1v) is 6.04. The van der Waals surface area contributed by atoms with E-state index >= 15 is 0 Å². The number of halogens is 1. The van der Waals surface area contributed by atoms with E-state index in [2.05, 4.69) is 11.4 Å². The molecule has 0 saturated heterocycles. The molecule has 4 nitrogen and oxygen atoms in total. The maximum atomic E-state index is 13.2. The monoisotopic (exact) mass is 270 g/mol. The topological polar surface area (TPSA) is 65.3 Å². The molecule has 1 atom stereocenters. The van der Waals surface area contributed by atoms with Crippen molar-refractivity contribution in [3.05, 3.63) is 53.8 Å². The van der Waals surface area contributed by atoms with Crippen molar-refractivity contribution in [1.29, 1.82) is 5.26 Å². The molecule has 1 aliphatic rings. The first kappa shape index (κ1) is 12.3. The SMILES string of the molecule is N#CC1(Nc2cccc(F)c2)COc2cc(O)ccc21. The van der Waals surface area contributed by atoms with Crippen LogP contribution in [0.25, 0.3) is 0 Å². The zero-order valence-electron chi connectivity index (χ0n) is 10.4. The van der Waals surface area contributed by atoms with Gasteiger partial charge < -0.3 is 15.2 Å². The van der Waals surface area contributed by atoms with Gasteiger partial charge in [0.1, 0.15) is 23.9 Å². The van der Waals surface area contributed by atoms with Crippen molar-refractivity contribution in [2.45, 2.75) is 5.54 Å². The highest BCUT2D eigenvalue weighted by atomic mass is 19.1. The average Bonchev–Trinajstić information content (AvgIpc) is 2.77. The van der Waals surface area contributed by atoms with E-state index in [1.165, 1.54) is 24.3 Å². The molecule has 0 bridgehead atoms. The van der Waals surface area contributed by atoms with E-state index in [1.807, 2.05) is 0 Å². The second kappa shape index (κ2) is 4.42. The molecule has 1 heterocycles. The molecule has 1 unspecified atom stereocenters. The Hall–Kier alpha value is -2.74. The van der Waals surface area contributed by atoms with Gasteiger partial charge in [-0.25, -0.2) is 4.39 Å². The number of fused-ring (bicyclic) bond motifs is 1. The molecule has 0 aromatic heterocycles. The summed E-state index contributed by atoms with van der Waals surface area (Å²) in [5.74, 6) is 0.145. The highest BCUT2D eigenvalue weighted by Crippen LogP contribution is 2.40. The predicted octanol–water partition coefficient (Wildman–Crippen LogP) is 2.75. The summed E-state index contributed by atoms with van der Waals surface area (Å²) in [7, 11) is 0. The van der Waals surface area contributed by atoms with Crippen LogP contribution < -0.4 is 10.1 Å². The van der Waals surface area contributed by atoms with E-state index in [9.17, 15) is 14.8 Å². The fourth-order valence-corrected chi connectivity index (χ4v) is 2.28. The summed E-state index contributed by atoms with van der Waals surface area (Å²) < 4.78 is 18.7. The van der Waals surface area contributed by atoms with Crippen LogP contribution in [0.15, 0.2) is 42.5 Å². The molecule has 5 heteroatoms. The Morgan fingerprint density at radius 2 is 2.15 bits per heavy atom. The first-order chi connectivity index (χ1) is 9.63. The smallest absolute Gasteiger partial charge is 0.188 e. The maximum Gasteiger partial charge on any atom is 0.188 e. The van der Waals surface area contributed by atoms with Crippen LogP contribution in [0, 0.1) is 17.1 Å². The number of aromatic hydroxyl groups is 1. The van der Waals surface area contributed by atoms with Crippen molar-refractivity contribution < 1.29 is 14.2 Å². The Morgan fingerprint density at radius 3 is 2.90 bits per heavy atom. The van der Waals surface area contributed by atoms with E-state index in [0.29, 0.717) is 17.0 Å². The minimum atomic E-state index is -1.09. The zero-order valence-corrected chi connectivity index (χ0v) is 10.4. The van der Waals surface area contributed by atoms with Gasteiger partial charge in [0, 0.05) is 17.3 Å². The van der Waals surface area contributed by atoms with Crippen molar-refractivity contribution in [3.63, 3.8) is 0 Å². The Morgan fingerprint density at radius 1 is 1.30 bits per heavy atom. The summed E-state index contributed by atoms with van der Waals surface area (Å²) in [6.45, 7) is 0.0960. The lowest BCUT2D eigenvalue weighted by molar-refractivity contribution is 0.313. The Bertz CT molecular complexity index is 711. The summed E-state index contributed by atoms with van der Waals surface area (Å²) in [6.07, 6.45) is 0. The van der Waals surface area contributed by atoms with E-state index in [4.69, 9.17) is 4.74 Å². The van der Waals surface area contributed by atoms with Gasteiger partial charge in [-0.2, -0.15) is 5.26 Å². The molecular formula is C15H11FN2O2. The molecule has 20 heavy (non-hydrogen) atoms. The third kappa shape index (κ3) is 1.91. The van der Waals surface area contributed by atoms with Crippen LogP contribution in [0.4, 0.5) is 10.1 Å². The fraction of sp³-hybridized carbons (Fsp3) is 0.133. The molecule has 2 aromatic rings. The number of ether oxygens (including phenoxy) is 1. The van der Waals surface area contributed by atoms with Crippen molar-refractivity contribution in [1.82, 2.24) is 0 Å². The second-order valence-electron chi connectivity index (χ2n) is 4.62. The minimum absolute atomic E-state index is 0.0724. The number of hydrogen-bond acceptors (Lipinski definition) is 4. The van der Waals surface area contributed by atoms with Crippen molar-refractivity contribution >= 4 is 5.69 Å². The predicted molar refractivity (Wildman–Crippen MR) is 70.9 cm³/mol. The Balaban J connectivity index is 2.01. The van der Waals surface area contributed by atoms with Gasteiger partial charge in [0.05, 0.1) is 6.07 Å². The molecule has 100 valence electrons. The van der Waals surface area contributed by atoms with Gasteiger partial charge in [0.2, 0.25) is 0 Å². The van der Waals surface area contributed by atoms with Crippen LogP contribution in [-0.4, -0.2) is 11.7 Å².